The number of nitrogens with one attached hydrogen (secondary N) is 1. The number of aromatic nitrogens is 2. The molecule has 0 radical (unpaired) electrons. The van der Waals surface area contributed by atoms with E-state index in [0.717, 1.165) is 24.0 Å². The molecule has 35 heavy (non-hydrogen) atoms. The molecule has 0 spiro atoms. The van der Waals surface area contributed by atoms with E-state index < -0.39 is 0 Å². The van der Waals surface area contributed by atoms with Crippen LogP contribution in [-0.4, -0.2) is 28.5 Å². The molecule has 2 aromatic carbocycles. The van der Waals surface area contributed by atoms with E-state index in [2.05, 4.69) is 5.32 Å². The Morgan fingerprint density at radius 1 is 1.03 bits per heavy atom. The van der Waals surface area contributed by atoms with Crippen molar-refractivity contribution >= 4 is 33.4 Å². The molecule has 0 saturated carbocycles. The van der Waals surface area contributed by atoms with E-state index in [0.29, 0.717) is 35.8 Å². The van der Waals surface area contributed by atoms with Crippen molar-refractivity contribution in [2.45, 2.75) is 25.9 Å². The maximum atomic E-state index is 13.4. The highest BCUT2D eigenvalue weighted by molar-refractivity contribution is 7.17. The van der Waals surface area contributed by atoms with E-state index in [1.807, 2.05) is 16.3 Å². The molecule has 1 aliphatic heterocycles. The first-order valence-electron chi connectivity index (χ1n) is 11.5. The monoisotopic (exact) mass is 494 g/mol. The van der Waals surface area contributed by atoms with Gasteiger partial charge in [-0.05, 0) is 59.7 Å². The number of piperidine rings is 1. The molecule has 1 N–H and O–H groups in total. The van der Waals surface area contributed by atoms with Gasteiger partial charge in [-0.1, -0.05) is 24.3 Å². The highest BCUT2D eigenvalue weighted by Crippen LogP contribution is 2.25. The molecule has 9 heteroatoms. The van der Waals surface area contributed by atoms with Crippen molar-refractivity contribution in [2.75, 3.05) is 18.0 Å². The van der Waals surface area contributed by atoms with Gasteiger partial charge in [0.2, 0.25) is 11.9 Å². The molecule has 1 amide bonds. The fraction of sp³-hybridized carbons (Fsp3) is 0.269. The molecule has 1 atom stereocenters. The lowest BCUT2D eigenvalue weighted by Crippen LogP contribution is -2.45. The van der Waals surface area contributed by atoms with Gasteiger partial charge in [0.05, 0.1) is 18.0 Å². The molecule has 0 aliphatic carbocycles. The molecule has 1 saturated heterocycles. The molecule has 180 valence electrons. The average Bonchev–Trinajstić information content (AvgIpc) is 3.35. The van der Waals surface area contributed by atoms with Crippen LogP contribution in [0.3, 0.4) is 0 Å². The van der Waals surface area contributed by atoms with Crippen LogP contribution in [0.4, 0.5) is 14.7 Å². The summed E-state index contributed by atoms with van der Waals surface area (Å²) in [5.74, 6) is -0.480. The highest BCUT2D eigenvalue weighted by atomic mass is 32.1. The zero-order chi connectivity index (χ0) is 24.4. The van der Waals surface area contributed by atoms with Crippen molar-refractivity contribution in [1.82, 2.24) is 14.9 Å². The van der Waals surface area contributed by atoms with Crippen molar-refractivity contribution in [3.8, 4) is 0 Å². The van der Waals surface area contributed by atoms with E-state index in [-0.39, 0.29) is 35.6 Å². The molecule has 5 rings (SSSR count). The number of benzene rings is 2. The fourth-order valence-electron chi connectivity index (χ4n) is 4.40. The third-order valence-electron chi connectivity index (χ3n) is 6.25. The largest absolute Gasteiger partial charge is 0.352 e. The zero-order valence-corrected chi connectivity index (χ0v) is 19.7. The Hall–Kier alpha value is -3.59. The lowest BCUT2D eigenvalue weighted by molar-refractivity contribution is -0.125. The highest BCUT2D eigenvalue weighted by Gasteiger charge is 2.28. The summed E-state index contributed by atoms with van der Waals surface area (Å²) < 4.78 is 28.7. The number of amides is 1. The van der Waals surface area contributed by atoms with Gasteiger partial charge in [0.15, 0.2) is 0 Å². The summed E-state index contributed by atoms with van der Waals surface area (Å²) in [7, 11) is 0. The summed E-state index contributed by atoms with van der Waals surface area (Å²) >= 11 is 1.35. The van der Waals surface area contributed by atoms with Gasteiger partial charge < -0.3 is 10.2 Å². The number of hydrogen-bond donors (Lipinski definition) is 1. The normalized spacial score (nSPS) is 15.9. The summed E-state index contributed by atoms with van der Waals surface area (Å²) in [4.78, 5) is 33.1. The summed E-state index contributed by atoms with van der Waals surface area (Å²) in [5.41, 5.74) is 2.10. The quantitative estimate of drug-likeness (QED) is 0.434. The summed E-state index contributed by atoms with van der Waals surface area (Å²) in [6, 6.07) is 13.9. The first-order chi connectivity index (χ1) is 17.0. The lowest BCUT2D eigenvalue weighted by atomic mass is 9.97. The van der Waals surface area contributed by atoms with Crippen molar-refractivity contribution in [3.05, 3.63) is 93.1 Å². The van der Waals surface area contributed by atoms with Gasteiger partial charge in [0.1, 0.15) is 16.3 Å². The molecule has 2 aromatic heterocycles. The first kappa shape index (κ1) is 23.2. The minimum atomic E-state index is -0.335. The Labute approximate surface area is 204 Å². The Morgan fingerprint density at radius 3 is 2.43 bits per heavy atom. The minimum absolute atomic E-state index is 0.0805. The van der Waals surface area contributed by atoms with E-state index in [1.54, 1.807) is 28.8 Å². The third kappa shape index (κ3) is 5.09. The number of anilines is 1. The molecule has 0 bridgehead atoms. The maximum Gasteiger partial charge on any atom is 0.273 e. The van der Waals surface area contributed by atoms with Crippen LogP contribution in [0.2, 0.25) is 0 Å². The predicted octanol–water partition coefficient (Wildman–Crippen LogP) is 4.32. The van der Waals surface area contributed by atoms with Crippen LogP contribution in [-0.2, 0) is 17.9 Å². The van der Waals surface area contributed by atoms with Crippen LogP contribution in [0.15, 0.2) is 64.8 Å². The zero-order valence-electron chi connectivity index (χ0n) is 18.9. The molecule has 4 aromatic rings. The smallest absolute Gasteiger partial charge is 0.273 e. The number of fused-ring (bicyclic) bond motifs is 1. The van der Waals surface area contributed by atoms with Crippen molar-refractivity contribution < 1.29 is 13.6 Å². The number of halogens is 2. The Kier molecular flexibility index (Phi) is 6.59. The van der Waals surface area contributed by atoms with Crippen LogP contribution < -0.4 is 15.8 Å². The van der Waals surface area contributed by atoms with E-state index in [1.165, 1.54) is 35.6 Å². The molecule has 6 nitrogen and oxygen atoms in total. The van der Waals surface area contributed by atoms with Gasteiger partial charge in [-0.2, -0.15) is 0 Å². The van der Waals surface area contributed by atoms with Crippen LogP contribution in [0.1, 0.15) is 24.0 Å². The molecular formula is C26H24F2N4O2S. The number of hydrogen-bond acceptors (Lipinski definition) is 5. The van der Waals surface area contributed by atoms with Crippen LogP contribution >= 0.6 is 11.3 Å². The number of carbonyl (C=O) groups excluding carboxylic acids is 1. The van der Waals surface area contributed by atoms with Crippen LogP contribution in [0, 0.1) is 17.6 Å². The maximum absolute atomic E-state index is 13.4. The number of carbonyl (C=O) groups is 1. The number of thiophene rings is 1. The van der Waals surface area contributed by atoms with Gasteiger partial charge in [-0.3, -0.25) is 14.2 Å². The van der Waals surface area contributed by atoms with Crippen molar-refractivity contribution in [3.63, 3.8) is 0 Å². The lowest BCUT2D eigenvalue weighted by Gasteiger charge is -2.34. The van der Waals surface area contributed by atoms with Gasteiger partial charge in [0.25, 0.3) is 5.56 Å². The average molecular weight is 495 g/mol. The Bertz CT molecular complexity index is 1400. The minimum Gasteiger partial charge on any atom is -0.352 e. The Morgan fingerprint density at radius 2 is 1.71 bits per heavy atom. The standard InChI is InChI=1S/C26H24F2N4O2S/c27-20-7-3-17(4-8-20)14-29-24(33)19-2-1-12-31(16-19)26-30-22-11-13-35-23(22)25(34)32(26)15-18-5-9-21(28)10-6-18/h3-11,13,19H,1-2,12,14-16H2,(H,29,33)/t19-/m1/s1. The second kappa shape index (κ2) is 9.95. The van der Waals surface area contributed by atoms with Crippen molar-refractivity contribution in [2.24, 2.45) is 5.92 Å². The summed E-state index contributed by atoms with van der Waals surface area (Å²) in [6.45, 7) is 1.69. The van der Waals surface area contributed by atoms with Gasteiger partial charge in [0, 0.05) is 19.6 Å². The first-order valence-corrected chi connectivity index (χ1v) is 12.4. The van der Waals surface area contributed by atoms with Crippen LogP contribution in [0.25, 0.3) is 10.2 Å². The second-order valence-corrected chi connectivity index (χ2v) is 9.61. The Balaban J connectivity index is 1.38. The van der Waals surface area contributed by atoms with Gasteiger partial charge in [-0.25, -0.2) is 13.8 Å². The van der Waals surface area contributed by atoms with E-state index >= 15 is 0 Å². The molecule has 1 fully saturated rings. The molecule has 1 aliphatic rings. The van der Waals surface area contributed by atoms with Gasteiger partial charge >= 0.3 is 0 Å². The van der Waals surface area contributed by atoms with E-state index in [9.17, 15) is 18.4 Å². The van der Waals surface area contributed by atoms with E-state index in [4.69, 9.17) is 4.98 Å². The summed E-state index contributed by atoms with van der Waals surface area (Å²) in [6.07, 6.45) is 1.51. The number of rotatable bonds is 6. The predicted molar refractivity (Wildman–Crippen MR) is 133 cm³/mol. The third-order valence-corrected chi connectivity index (χ3v) is 7.15. The van der Waals surface area contributed by atoms with Crippen LogP contribution in [0.5, 0.6) is 0 Å². The van der Waals surface area contributed by atoms with Gasteiger partial charge in [-0.15, -0.1) is 11.3 Å². The molecular weight excluding hydrogens is 470 g/mol. The summed E-state index contributed by atoms with van der Waals surface area (Å²) in [5, 5.41) is 4.79. The molecule has 3 heterocycles. The SMILES string of the molecule is O=C(NCc1ccc(F)cc1)[C@@H]1CCCN(c2nc3ccsc3c(=O)n2Cc2ccc(F)cc2)C1. The fourth-order valence-corrected chi connectivity index (χ4v) is 5.18. The second-order valence-electron chi connectivity index (χ2n) is 8.69. The molecule has 0 unspecified atom stereocenters. The van der Waals surface area contributed by atoms with Crippen molar-refractivity contribution in [1.29, 1.82) is 0 Å². The number of nitrogens with zero attached hydrogens (tertiary/aromatic N) is 3. The topological polar surface area (TPSA) is 67.2 Å².